The first-order chi connectivity index (χ1) is 9.67. The summed E-state index contributed by atoms with van der Waals surface area (Å²) < 4.78 is 0. The van der Waals surface area contributed by atoms with Crippen molar-refractivity contribution in [3.8, 4) is 0 Å². The second-order valence-corrected chi connectivity index (χ2v) is 6.80. The van der Waals surface area contributed by atoms with Crippen molar-refractivity contribution in [1.82, 2.24) is 15.6 Å². The van der Waals surface area contributed by atoms with E-state index in [2.05, 4.69) is 46.1 Å². The number of aliphatic imine (C=N–C) groups is 1. The van der Waals surface area contributed by atoms with Gasteiger partial charge >= 0.3 is 0 Å². The van der Waals surface area contributed by atoms with Crippen LogP contribution < -0.4 is 10.6 Å². The van der Waals surface area contributed by atoms with Crippen LogP contribution in [-0.2, 0) is 6.54 Å². The fourth-order valence-electron chi connectivity index (χ4n) is 1.63. The van der Waals surface area contributed by atoms with Gasteiger partial charge in [0.15, 0.2) is 5.96 Å². The van der Waals surface area contributed by atoms with Crippen LogP contribution in [0.5, 0.6) is 0 Å². The lowest BCUT2D eigenvalue weighted by atomic mass is 10.2. The number of guanidine groups is 1. The van der Waals surface area contributed by atoms with Crippen molar-refractivity contribution in [2.24, 2.45) is 4.99 Å². The summed E-state index contributed by atoms with van der Waals surface area (Å²) in [6, 6.07) is 0. The fraction of sp³-hybridized carbons (Fsp3) is 0.714. The zero-order chi connectivity index (χ0) is 14.8. The van der Waals surface area contributed by atoms with Gasteiger partial charge in [0.1, 0.15) is 5.01 Å². The van der Waals surface area contributed by atoms with Gasteiger partial charge in [-0.25, -0.2) is 4.98 Å². The largest absolute Gasteiger partial charge is 0.356 e. The van der Waals surface area contributed by atoms with Crippen LogP contribution >= 0.6 is 23.1 Å². The van der Waals surface area contributed by atoms with Gasteiger partial charge in [0.05, 0.1) is 12.2 Å². The number of thiazole rings is 1. The van der Waals surface area contributed by atoms with Gasteiger partial charge in [-0.15, -0.1) is 11.3 Å². The van der Waals surface area contributed by atoms with E-state index in [4.69, 9.17) is 0 Å². The molecule has 0 radical (unpaired) electrons. The maximum atomic E-state index is 4.61. The van der Waals surface area contributed by atoms with Gasteiger partial charge in [-0.2, -0.15) is 11.8 Å². The predicted molar refractivity (Wildman–Crippen MR) is 92.0 cm³/mol. The molecule has 114 valence electrons. The summed E-state index contributed by atoms with van der Waals surface area (Å²) >= 11 is 3.60. The lowest BCUT2D eigenvalue weighted by Gasteiger charge is -2.10. The van der Waals surface area contributed by atoms with E-state index in [0.717, 1.165) is 24.1 Å². The average Bonchev–Trinajstić information content (AvgIpc) is 2.91. The van der Waals surface area contributed by atoms with Crippen LogP contribution in [0.3, 0.4) is 0 Å². The zero-order valence-electron chi connectivity index (χ0n) is 12.9. The molecule has 0 aliphatic heterocycles. The van der Waals surface area contributed by atoms with Crippen LogP contribution in [0.4, 0.5) is 0 Å². The molecule has 0 amide bonds. The van der Waals surface area contributed by atoms with E-state index >= 15 is 0 Å². The highest BCUT2D eigenvalue weighted by molar-refractivity contribution is 7.98. The van der Waals surface area contributed by atoms with Crippen molar-refractivity contribution in [2.75, 3.05) is 25.6 Å². The minimum Gasteiger partial charge on any atom is -0.356 e. The topological polar surface area (TPSA) is 49.3 Å². The van der Waals surface area contributed by atoms with Crippen molar-refractivity contribution >= 4 is 29.1 Å². The van der Waals surface area contributed by atoms with Crippen LogP contribution in [0.25, 0.3) is 0 Å². The lowest BCUT2D eigenvalue weighted by molar-refractivity contribution is 0.730. The van der Waals surface area contributed by atoms with Crippen molar-refractivity contribution < 1.29 is 0 Å². The Morgan fingerprint density at radius 1 is 1.40 bits per heavy atom. The fourth-order valence-corrected chi connectivity index (χ4v) is 3.02. The quantitative estimate of drug-likeness (QED) is 0.440. The van der Waals surface area contributed by atoms with Gasteiger partial charge < -0.3 is 10.6 Å². The second kappa shape index (κ2) is 10.0. The molecule has 2 N–H and O–H groups in total. The Labute approximate surface area is 130 Å². The van der Waals surface area contributed by atoms with E-state index in [1.807, 2.05) is 11.8 Å². The smallest absolute Gasteiger partial charge is 0.191 e. The number of rotatable bonds is 8. The van der Waals surface area contributed by atoms with Crippen molar-refractivity contribution in [3.63, 3.8) is 0 Å². The third kappa shape index (κ3) is 6.61. The van der Waals surface area contributed by atoms with Gasteiger partial charge in [-0.1, -0.05) is 13.8 Å². The number of hydrogen-bond donors (Lipinski definition) is 2. The van der Waals surface area contributed by atoms with E-state index in [1.165, 1.54) is 24.3 Å². The number of unbranched alkanes of at least 4 members (excludes halogenated alkanes) is 1. The zero-order valence-corrected chi connectivity index (χ0v) is 14.5. The Morgan fingerprint density at radius 2 is 2.20 bits per heavy atom. The number of nitrogens with zero attached hydrogens (tertiary/aromatic N) is 2. The second-order valence-electron chi connectivity index (χ2n) is 4.87. The molecule has 0 aromatic carbocycles. The Bertz CT molecular complexity index is 402. The first-order valence-electron chi connectivity index (χ1n) is 7.05. The molecule has 0 saturated carbocycles. The molecular formula is C14H26N4S2. The molecule has 0 saturated heterocycles. The molecule has 0 bridgehead atoms. The van der Waals surface area contributed by atoms with Crippen LogP contribution in [0, 0.1) is 0 Å². The molecule has 1 aromatic heterocycles. The third-order valence-electron chi connectivity index (χ3n) is 2.86. The predicted octanol–water partition coefficient (Wildman–Crippen LogP) is 3.07. The van der Waals surface area contributed by atoms with Crippen LogP contribution in [-0.4, -0.2) is 36.5 Å². The van der Waals surface area contributed by atoms with E-state index in [1.54, 1.807) is 18.4 Å². The SMILES string of the molecule is CN=C(NCCCCSC)NCc1nc(C(C)C)cs1. The number of hydrogen-bond acceptors (Lipinski definition) is 4. The first kappa shape index (κ1) is 17.3. The molecule has 0 spiro atoms. The molecular weight excluding hydrogens is 288 g/mol. The molecule has 1 heterocycles. The number of nitrogens with one attached hydrogen (secondary N) is 2. The lowest BCUT2D eigenvalue weighted by Crippen LogP contribution is -2.37. The summed E-state index contributed by atoms with van der Waals surface area (Å²) in [6.07, 6.45) is 4.57. The van der Waals surface area contributed by atoms with Crippen LogP contribution in [0.2, 0.25) is 0 Å². The summed E-state index contributed by atoms with van der Waals surface area (Å²) in [5.41, 5.74) is 1.17. The van der Waals surface area contributed by atoms with Gasteiger partial charge in [-0.3, -0.25) is 4.99 Å². The first-order valence-corrected chi connectivity index (χ1v) is 9.32. The minimum absolute atomic E-state index is 0.494. The van der Waals surface area contributed by atoms with Gasteiger partial charge in [0.2, 0.25) is 0 Å². The van der Waals surface area contributed by atoms with Crippen molar-refractivity contribution in [2.45, 2.75) is 39.2 Å². The molecule has 6 heteroatoms. The summed E-state index contributed by atoms with van der Waals surface area (Å²) in [7, 11) is 1.80. The molecule has 0 aliphatic rings. The summed E-state index contributed by atoms with van der Waals surface area (Å²) in [6.45, 7) is 6.04. The van der Waals surface area contributed by atoms with Crippen LogP contribution in [0.1, 0.15) is 43.3 Å². The van der Waals surface area contributed by atoms with E-state index in [-0.39, 0.29) is 0 Å². The average molecular weight is 315 g/mol. The third-order valence-corrected chi connectivity index (χ3v) is 4.42. The molecule has 0 unspecified atom stereocenters. The maximum absolute atomic E-state index is 4.61. The molecule has 0 fully saturated rings. The van der Waals surface area contributed by atoms with Crippen LogP contribution in [0.15, 0.2) is 10.4 Å². The van der Waals surface area contributed by atoms with Gasteiger partial charge in [0, 0.05) is 19.0 Å². The standard InChI is InChI=1S/C14H26N4S2/c1-11(2)12-10-20-13(18-12)9-17-14(15-3)16-7-5-6-8-19-4/h10-11H,5-9H2,1-4H3,(H2,15,16,17). The maximum Gasteiger partial charge on any atom is 0.191 e. The molecule has 20 heavy (non-hydrogen) atoms. The summed E-state index contributed by atoms with van der Waals surface area (Å²) in [5, 5.41) is 9.89. The molecule has 0 atom stereocenters. The van der Waals surface area contributed by atoms with E-state index in [9.17, 15) is 0 Å². The number of aromatic nitrogens is 1. The highest BCUT2D eigenvalue weighted by Crippen LogP contribution is 2.17. The van der Waals surface area contributed by atoms with Crippen molar-refractivity contribution in [3.05, 3.63) is 16.1 Å². The highest BCUT2D eigenvalue weighted by Gasteiger charge is 2.06. The summed E-state index contributed by atoms with van der Waals surface area (Å²) in [5.74, 6) is 2.58. The molecule has 0 aliphatic carbocycles. The van der Waals surface area contributed by atoms with E-state index < -0.39 is 0 Å². The van der Waals surface area contributed by atoms with Gasteiger partial charge in [-0.05, 0) is 30.8 Å². The van der Waals surface area contributed by atoms with Gasteiger partial charge in [0.25, 0.3) is 0 Å². The van der Waals surface area contributed by atoms with E-state index in [0.29, 0.717) is 5.92 Å². The Hall–Kier alpha value is -0.750. The Morgan fingerprint density at radius 3 is 2.80 bits per heavy atom. The van der Waals surface area contributed by atoms with Crippen molar-refractivity contribution in [1.29, 1.82) is 0 Å². The monoisotopic (exact) mass is 314 g/mol. The Kier molecular flexibility index (Phi) is 8.69. The Balaban J connectivity index is 2.26. The minimum atomic E-state index is 0.494. The molecule has 4 nitrogen and oxygen atoms in total. The molecule has 1 aromatic rings. The normalized spacial score (nSPS) is 11.9. The summed E-state index contributed by atoms with van der Waals surface area (Å²) in [4.78, 5) is 8.84. The number of thioether (sulfide) groups is 1. The molecule has 1 rings (SSSR count). The highest BCUT2D eigenvalue weighted by atomic mass is 32.2.